The molecule has 0 bridgehead atoms. The maximum absolute atomic E-state index is 12.6. The number of imide groups is 1. The van der Waals surface area contributed by atoms with Gasteiger partial charge in [-0.15, -0.1) is 0 Å². The van der Waals surface area contributed by atoms with Gasteiger partial charge >= 0.3 is 0 Å². The van der Waals surface area contributed by atoms with E-state index in [1.54, 1.807) is 13.8 Å². The third-order valence-corrected chi connectivity index (χ3v) is 4.01. The van der Waals surface area contributed by atoms with Crippen molar-refractivity contribution in [2.45, 2.75) is 34.1 Å². The zero-order valence-electron chi connectivity index (χ0n) is 12.3. The molecule has 1 aliphatic rings. The van der Waals surface area contributed by atoms with Crippen molar-refractivity contribution < 1.29 is 14.4 Å². The van der Waals surface area contributed by atoms with Crippen LogP contribution < -0.4 is 4.90 Å². The summed E-state index contributed by atoms with van der Waals surface area (Å²) in [5.41, 5.74) is 1.61. The van der Waals surface area contributed by atoms with Crippen molar-refractivity contribution >= 4 is 23.8 Å². The smallest absolute Gasteiger partial charge is 0.238 e. The van der Waals surface area contributed by atoms with Gasteiger partial charge in [0.15, 0.2) is 0 Å². The number of hydrogen-bond donors (Lipinski definition) is 0. The van der Waals surface area contributed by atoms with Crippen LogP contribution in [0, 0.1) is 25.2 Å². The number of benzene rings is 1. The van der Waals surface area contributed by atoms with Crippen molar-refractivity contribution in [3.05, 3.63) is 29.3 Å². The standard InChI is InChI=1S/C16H19NO3/c1-10-6-5-7-11(2)14(10)17-13(19)8-12(15(17)20)16(3,4)9-18/h5-7,9,12H,8H2,1-4H3/t12-/m1/s1. The SMILES string of the molecule is Cc1cccc(C)c1N1C(=O)C[C@@H](C(C)(C)C=O)C1=O. The maximum atomic E-state index is 12.6. The molecule has 4 nitrogen and oxygen atoms in total. The molecule has 0 spiro atoms. The van der Waals surface area contributed by atoms with Gasteiger partial charge < -0.3 is 4.79 Å². The van der Waals surface area contributed by atoms with Gasteiger partial charge in [0.05, 0.1) is 11.6 Å². The predicted molar refractivity (Wildman–Crippen MR) is 76.4 cm³/mol. The Morgan fingerprint density at radius 2 is 1.75 bits per heavy atom. The van der Waals surface area contributed by atoms with Crippen LogP contribution in [0.25, 0.3) is 0 Å². The van der Waals surface area contributed by atoms with Crippen LogP contribution in [-0.2, 0) is 14.4 Å². The van der Waals surface area contributed by atoms with Crippen LogP contribution in [0.2, 0.25) is 0 Å². The first-order chi connectivity index (χ1) is 9.29. The third kappa shape index (κ3) is 2.15. The van der Waals surface area contributed by atoms with Crippen molar-refractivity contribution in [1.82, 2.24) is 0 Å². The molecule has 0 aromatic heterocycles. The summed E-state index contributed by atoms with van der Waals surface area (Å²) in [6.07, 6.45) is 0.857. The fourth-order valence-electron chi connectivity index (χ4n) is 2.69. The van der Waals surface area contributed by atoms with E-state index in [2.05, 4.69) is 0 Å². The maximum Gasteiger partial charge on any atom is 0.238 e. The highest BCUT2D eigenvalue weighted by molar-refractivity contribution is 6.22. The lowest BCUT2D eigenvalue weighted by Gasteiger charge is -2.24. The number of amides is 2. The highest BCUT2D eigenvalue weighted by Gasteiger charge is 2.47. The lowest BCUT2D eigenvalue weighted by atomic mass is 9.79. The average Bonchev–Trinajstić information content (AvgIpc) is 2.67. The van der Waals surface area contributed by atoms with Gasteiger partial charge in [0, 0.05) is 11.8 Å². The Kier molecular flexibility index (Phi) is 3.50. The summed E-state index contributed by atoms with van der Waals surface area (Å²) in [5, 5.41) is 0. The molecule has 1 aromatic rings. The molecule has 1 aliphatic heterocycles. The Morgan fingerprint density at radius 1 is 1.20 bits per heavy atom. The minimum atomic E-state index is -0.821. The van der Waals surface area contributed by atoms with Gasteiger partial charge in [-0.25, -0.2) is 4.90 Å². The van der Waals surface area contributed by atoms with E-state index in [4.69, 9.17) is 0 Å². The van der Waals surface area contributed by atoms with Gasteiger partial charge in [0.25, 0.3) is 0 Å². The fraction of sp³-hybridized carbons (Fsp3) is 0.438. The molecular weight excluding hydrogens is 254 g/mol. The molecule has 2 amide bonds. The van der Waals surface area contributed by atoms with E-state index in [0.29, 0.717) is 5.69 Å². The fourth-order valence-corrected chi connectivity index (χ4v) is 2.69. The van der Waals surface area contributed by atoms with Crippen LogP contribution in [0.5, 0.6) is 0 Å². The molecule has 2 rings (SSSR count). The predicted octanol–water partition coefficient (Wildman–Crippen LogP) is 2.41. The molecule has 1 aromatic carbocycles. The molecule has 4 heteroatoms. The number of aldehydes is 1. The van der Waals surface area contributed by atoms with Gasteiger partial charge in [-0.1, -0.05) is 32.0 Å². The normalized spacial score (nSPS) is 19.6. The van der Waals surface area contributed by atoms with Gasteiger partial charge in [-0.2, -0.15) is 0 Å². The van der Waals surface area contributed by atoms with Crippen LogP contribution >= 0.6 is 0 Å². The molecule has 0 saturated carbocycles. The van der Waals surface area contributed by atoms with E-state index in [1.165, 1.54) is 4.90 Å². The zero-order valence-corrected chi connectivity index (χ0v) is 12.3. The highest BCUT2D eigenvalue weighted by atomic mass is 16.2. The molecule has 0 unspecified atom stereocenters. The molecule has 1 heterocycles. The van der Waals surface area contributed by atoms with Crippen LogP contribution in [0.15, 0.2) is 18.2 Å². The molecule has 0 radical (unpaired) electrons. The second kappa shape index (κ2) is 4.85. The van der Waals surface area contributed by atoms with E-state index in [1.807, 2.05) is 32.0 Å². The van der Waals surface area contributed by atoms with Crippen molar-refractivity contribution in [3.8, 4) is 0 Å². The van der Waals surface area contributed by atoms with E-state index < -0.39 is 11.3 Å². The van der Waals surface area contributed by atoms with Crippen LogP contribution in [0.1, 0.15) is 31.4 Å². The average molecular weight is 273 g/mol. The Labute approximate surface area is 118 Å². The van der Waals surface area contributed by atoms with Crippen molar-refractivity contribution in [1.29, 1.82) is 0 Å². The van der Waals surface area contributed by atoms with Gasteiger partial charge in [0.1, 0.15) is 6.29 Å². The first-order valence-corrected chi connectivity index (χ1v) is 6.69. The first-order valence-electron chi connectivity index (χ1n) is 6.69. The molecule has 0 aliphatic carbocycles. The van der Waals surface area contributed by atoms with Crippen molar-refractivity contribution in [3.63, 3.8) is 0 Å². The van der Waals surface area contributed by atoms with Crippen LogP contribution in [-0.4, -0.2) is 18.1 Å². The number of carbonyl (C=O) groups is 3. The number of nitrogens with zero attached hydrogens (tertiary/aromatic N) is 1. The number of aryl methyl sites for hydroxylation is 2. The minimum Gasteiger partial charge on any atom is -0.303 e. The Bertz CT molecular complexity index is 569. The zero-order chi connectivity index (χ0) is 15.1. The molecule has 1 saturated heterocycles. The number of rotatable bonds is 3. The Morgan fingerprint density at radius 3 is 2.25 bits per heavy atom. The second-order valence-corrected chi connectivity index (χ2v) is 6.00. The summed E-state index contributed by atoms with van der Waals surface area (Å²) >= 11 is 0. The molecular formula is C16H19NO3. The Hall–Kier alpha value is -1.97. The molecule has 0 N–H and O–H groups in total. The van der Waals surface area contributed by atoms with Crippen molar-refractivity contribution in [2.24, 2.45) is 11.3 Å². The second-order valence-electron chi connectivity index (χ2n) is 6.00. The topological polar surface area (TPSA) is 54.5 Å². The quantitative estimate of drug-likeness (QED) is 0.627. The largest absolute Gasteiger partial charge is 0.303 e. The number of para-hydroxylation sites is 1. The summed E-state index contributed by atoms with van der Waals surface area (Å²) in [7, 11) is 0. The van der Waals surface area contributed by atoms with Gasteiger partial charge in [-0.05, 0) is 25.0 Å². The number of carbonyl (C=O) groups excluding carboxylic acids is 3. The lowest BCUT2D eigenvalue weighted by molar-refractivity contribution is -0.129. The first kappa shape index (κ1) is 14.4. The summed E-state index contributed by atoms with van der Waals surface area (Å²) in [4.78, 5) is 37.2. The van der Waals surface area contributed by atoms with Crippen LogP contribution in [0.4, 0.5) is 5.69 Å². The summed E-state index contributed by atoms with van der Waals surface area (Å²) in [6, 6.07) is 5.65. The van der Waals surface area contributed by atoms with E-state index in [-0.39, 0.29) is 18.2 Å². The van der Waals surface area contributed by atoms with E-state index >= 15 is 0 Å². The monoisotopic (exact) mass is 273 g/mol. The molecule has 1 fully saturated rings. The Balaban J connectivity index is 2.47. The summed E-state index contributed by atoms with van der Waals surface area (Å²) in [6.45, 7) is 7.15. The summed E-state index contributed by atoms with van der Waals surface area (Å²) in [5.74, 6) is -1.08. The number of hydrogen-bond acceptors (Lipinski definition) is 3. The minimum absolute atomic E-state index is 0.0956. The van der Waals surface area contributed by atoms with Gasteiger partial charge in [-0.3, -0.25) is 9.59 Å². The third-order valence-electron chi connectivity index (χ3n) is 4.01. The summed E-state index contributed by atoms with van der Waals surface area (Å²) < 4.78 is 0. The molecule has 106 valence electrons. The lowest BCUT2D eigenvalue weighted by Crippen LogP contribution is -2.36. The molecule has 20 heavy (non-hydrogen) atoms. The van der Waals surface area contributed by atoms with E-state index in [9.17, 15) is 14.4 Å². The van der Waals surface area contributed by atoms with Gasteiger partial charge in [0.2, 0.25) is 11.8 Å². The molecule has 1 atom stereocenters. The van der Waals surface area contributed by atoms with E-state index in [0.717, 1.165) is 17.4 Å². The number of anilines is 1. The highest BCUT2D eigenvalue weighted by Crippen LogP contribution is 2.38. The van der Waals surface area contributed by atoms with Crippen molar-refractivity contribution in [2.75, 3.05) is 4.90 Å². The van der Waals surface area contributed by atoms with Crippen LogP contribution in [0.3, 0.4) is 0 Å².